The molecule has 0 saturated carbocycles. The molecule has 0 unspecified atom stereocenters. The van der Waals surface area contributed by atoms with Crippen molar-refractivity contribution in [1.82, 2.24) is 15.3 Å². The van der Waals surface area contributed by atoms with E-state index in [1.165, 1.54) is 24.5 Å². The van der Waals surface area contributed by atoms with E-state index in [0.29, 0.717) is 22.5 Å². The van der Waals surface area contributed by atoms with Crippen molar-refractivity contribution in [3.05, 3.63) is 52.9 Å². The van der Waals surface area contributed by atoms with Crippen LogP contribution >= 0.6 is 0 Å². The Morgan fingerprint density at radius 1 is 1.44 bits per heavy atom. The zero-order chi connectivity index (χ0) is 18.0. The van der Waals surface area contributed by atoms with E-state index in [-0.39, 0.29) is 18.0 Å². The summed E-state index contributed by atoms with van der Waals surface area (Å²) in [6, 6.07) is 2.12. The van der Waals surface area contributed by atoms with E-state index >= 15 is 0 Å². The third kappa shape index (κ3) is 3.27. The number of hydrogen-bond acceptors (Lipinski definition) is 3. The maximum atomic E-state index is 14.3. The molecule has 0 spiro atoms. The van der Waals surface area contributed by atoms with Gasteiger partial charge in [-0.15, -0.1) is 0 Å². The first-order valence-electron chi connectivity index (χ1n) is 7.53. The summed E-state index contributed by atoms with van der Waals surface area (Å²) in [6.07, 6.45) is 6.21. The number of carbonyl (C=O) groups is 2. The first kappa shape index (κ1) is 16.4. The van der Waals surface area contributed by atoms with Gasteiger partial charge in [0.25, 0.3) is 5.91 Å². The van der Waals surface area contributed by atoms with Crippen molar-refractivity contribution in [2.45, 2.75) is 6.92 Å². The van der Waals surface area contributed by atoms with Gasteiger partial charge in [-0.25, -0.2) is 14.2 Å². The first-order chi connectivity index (χ1) is 12.0. The summed E-state index contributed by atoms with van der Waals surface area (Å²) in [5.41, 5.74) is 7.95. The zero-order valence-corrected chi connectivity index (χ0v) is 13.4. The summed E-state index contributed by atoms with van der Waals surface area (Å²) in [5.74, 6) is -0.803. The Bertz CT molecular complexity index is 914. The molecule has 0 fully saturated rings. The second-order valence-electron chi connectivity index (χ2n) is 5.46. The molecule has 128 valence electrons. The van der Waals surface area contributed by atoms with Crippen LogP contribution in [-0.4, -0.2) is 28.5 Å². The van der Waals surface area contributed by atoms with Gasteiger partial charge < -0.3 is 21.4 Å². The Balaban J connectivity index is 2.04. The minimum Gasteiger partial charge on any atom is -0.352 e. The quantitative estimate of drug-likeness (QED) is 0.638. The minimum absolute atomic E-state index is 0.150. The summed E-state index contributed by atoms with van der Waals surface area (Å²) >= 11 is 0. The fraction of sp³-hybridized carbons (Fsp3) is 0.118. The number of primary amides is 1. The van der Waals surface area contributed by atoms with Crippen LogP contribution in [0.15, 0.2) is 24.5 Å². The number of nitrogens with zero attached hydrogens (tertiary/aromatic N) is 1. The van der Waals surface area contributed by atoms with Crippen molar-refractivity contribution in [3.8, 4) is 0 Å². The second-order valence-corrected chi connectivity index (χ2v) is 5.46. The van der Waals surface area contributed by atoms with Crippen molar-refractivity contribution in [2.75, 3.05) is 11.9 Å². The normalized spacial score (nSPS) is 14.8. The highest BCUT2D eigenvalue weighted by molar-refractivity contribution is 6.35. The monoisotopic (exact) mass is 341 g/mol. The molecule has 3 amide bonds. The maximum Gasteiger partial charge on any atom is 0.312 e. The van der Waals surface area contributed by atoms with Crippen LogP contribution < -0.4 is 16.4 Å². The number of imidazole rings is 1. The van der Waals surface area contributed by atoms with Gasteiger partial charge >= 0.3 is 6.03 Å². The highest BCUT2D eigenvalue weighted by Crippen LogP contribution is 2.37. The van der Waals surface area contributed by atoms with E-state index in [2.05, 4.69) is 20.6 Å². The molecule has 5 N–H and O–H groups in total. The Labute approximate surface area is 142 Å². The molecule has 3 rings (SSSR count). The molecule has 7 nitrogen and oxygen atoms in total. The van der Waals surface area contributed by atoms with Crippen molar-refractivity contribution >= 4 is 35.4 Å². The molecule has 1 aliphatic heterocycles. The number of anilines is 1. The van der Waals surface area contributed by atoms with E-state index in [1.54, 1.807) is 12.2 Å². The SMILES string of the molecule is Cc1[nH]cnc1/C=C1\C(=O)Nc2ccc(F)c(C=CCNC(N)=O)c21. The zero-order valence-electron chi connectivity index (χ0n) is 13.4. The molecule has 0 saturated heterocycles. The molecule has 1 aromatic carbocycles. The van der Waals surface area contributed by atoms with E-state index < -0.39 is 11.8 Å². The molecular weight excluding hydrogens is 325 g/mol. The highest BCUT2D eigenvalue weighted by Gasteiger charge is 2.28. The van der Waals surface area contributed by atoms with Gasteiger partial charge in [-0.2, -0.15) is 0 Å². The predicted molar refractivity (Wildman–Crippen MR) is 92.8 cm³/mol. The van der Waals surface area contributed by atoms with Crippen molar-refractivity contribution in [1.29, 1.82) is 0 Å². The lowest BCUT2D eigenvalue weighted by molar-refractivity contribution is -0.110. The molecule has 25 heavy (non-hydrogen) atoms. The van der Waals surface area contributed by atoms with Crippen LogP contribution in [-0.2, 0) is 4.79 Å². The van der Waals surface area contributed by atoms with Gasteiger partial charge in [0.1, 0.15) is 5.82 Å². The number of halogens is 1. The van der Waals surface area contributed by atoms with Gasteiger partial charge in [0.2, 0.25) is 0 Å². The number of hydrogen-bond donors (Lipinski definition) is 4. The number of carbonyl (C=O) groups excluding carboxylic acids is 2. The Hall–Kier alpha value is -3.42. The van der Waals surface area contributed by atoms with Gasteiger partial charge in [-0.05, 0) is 25.1 Å². The van der Waals surface area contributed by atoms with E-state index in [4.69, 9.17) is 5.73 Å². The molecule has 1 aliphatic rings. The number of benzene rings is 1. The van der Waals surface area contributed by atoms with Crippen LogP contribution in [0.5, 0.6) is 0 Å². The maximum absolute atomic E-state index is 14.3. The number of amides is 3. The largest absolute Gasteiger partial charge is 0.352 e. The number of rotatable bonds is 4. The summed E-state index contributed by atoms with van der Waals surface area (Å²) in [6.45, 7) is 1.98. The standard InChI is InChI=1S/C17H16FN5O2/c1-9-14(22-8-21-9)7-11-15-10(3-2-6-20-17(19)25)12(18)4-5-13(15)23-16(11)24/h2-5,7-8H,6H2,1H3,(H,21,22)(H,23,24)(H3,19,20,25)/b3-2?,11-7-. The lowest BCUT2D eigenvalue weighted by Crippen LogP contribution is -2.29. The van der Waals surface area contributed by atoms with E-state index in [9.17, 15) is 14.0 Å². The Morgan fingerprint density at radius 3 is 2.92 bits per heavy atom. The van der Waals surface area contributed by atoms with E-state index in [1.807, 2.05) is 6.92 Å². The number of nitrogens with two attached hydrogens (primary N) is 1. The number of urea groups is 1. The lowest BCUT2D eigenvalue weighted by atomic mass is 9.98. The van der Waals surface area contributed by atoms with Gasteiger partial charge in [-0.3, -0.25) is 4.79 Å². The molecule has 1 aromatic heterocycles. The van der Waals surface area contributed by atoms with Crippen molar-refractivity contribution in [2.24, 2.45) is 5.73 Å². The number of aromatic amines is 1. The van der Waals surface area contributed by atoms with Crippen LogP contribution in [0.4, 0.5) is 14.9 Å². The topological polar surface area (TPSA) is 113 Å². The minimum atomic E-state index is -0.671. The second kappa shape index (κ2) is 6.60. The number of fused-ring (bicyclic) bond motifs is 1. The first-order valence-corrected chi connectivity index (χ1v) is 7.53. The fourth-order valence-electron chi connectivity index (χ4n) is 2.58. The van der Waals surface area contributed by atoms with Crippen LogP contribution in [0.2, 0.25) is 0 Å². The summed E-state index contributed by atoms with van der Waals surface area (Å²) in [7, 11) is 0. The number of H-pyrrole nitrogens is 1. The van der Waals surface area contributed by atoms with Crippen LogP contribution in [0.3, 0.4) is 0 Å². The van der Waals surface area contributed by atoms with Crippen LogP contribution in [0.25, 0.3) is 17.7 Å². The molecule has 2 heterocycles. The molecule has 0 radical (unpaired) electrons. The smallest absolute Gasteiger partial charge is 0.312 e. The summed E-state index contributed by atoms with van der Waals surface area (Å²) in [4.78, 5) is 30.1. The van der Waals surface area contributed by atoms with Gasteiger partial charge in [-0.1, -0.05) is 12.2 Å². The van der Waals surface area contributed by atoms with Gasteiger partial charge in [0, 0.05) is 29.1 Å². The third-order valence-corrected chi connectivity index (χ3v) is 3.78. The Kier molecular flexibility index (Phi) is 4.34. The number of nitrogens with one attached hydrogen (secondary N) is 3. The molecule has 0 atom stereocenters. The fourth-order valence-corrected chi connectivity index (χ4v) is 2.58. The molecular formula is C17H16FN5O2. The van der Waals surface area contributed by atoms with Crippen molar-refractivity contribution < 1.29 is 14.0 Å². The average Bonchev–Trinajstić information content (AvgIpc) is 3.10. The highest BCUT2D eigenvalue weighted by atomic mass is 19.1. The summed E-state index contributed by atoms with van der Waals surface area (Å²) in [5, 5.41) is 5.11. The van der Waals surface area contributed by atoms with Gasteiger partial charge in [0.15, 0.2) is 0 Å². The molecule has 0 bridgehead atoms. The number of aryl methyl sites for hydroxylation is 1. The number of aromatic nitrogens is 2. The molecule has 2 aromatic rings. The molecule has 8 heteroatoms. The van der Waals surface area contributed by atoms with Crippen LogP contribution in [0, 0.1) is 12.7 Å². The average molecular weight is 341 g/mol. The predicted octanol–water partition coefficient (Wildman–Crippen LogP) is 2.03. The van der Waals surface area contributed by atoms with E-state index in [0.717, 1.165) is 5.69 Å². The van der Waals surface area contributed by atoms with Crippen molar-refractivity contribution in [3.63, 3.8) is 0 Å². The third-order valence-electron chi connectivity index (χ3n) is 3.78. The lowest BCUT2D eigenvalue weighted by Gasteiger charge is -2.06. The summed E-state index contributed by atoms with van der Waals surface area (Å²) < 4.78 is 14.3. The molecule has 0 aliphatic carbocycles. The Morgan fingerprint density at radius 2 is 2.24 bits per heavy atom. The van der Waals surface area contributed by atoms with Gasteiger partial charge in [0.05, 0.1) is 17.6 Å². The van der Waals surface area contributed by atoms with Crippen LogP contribution in [0.1, 0.15) is 22.5 Å².